The summed E-state index contributed by atoms with van der Waals surface area (Å²) in [7, 11) is 1.30. The highest BCUT2D eigenvalue weighted by Crippen LogP contribution is 2.19. The molecule has 1 aromatic heterocycles. The molecule has 0 radical (unpaired) electrons. The number of carbonyl (C=O) groups excluding carboxylic acids is 2. The number of ether oxygens (including phenoxy) is 1. The molecule has 28 heavy (non-hydrogen) atoms. The molecule has 3 aromatic rings. The summed E-state index contributed by atoms with van der Waals surface area (Å²) in [6, 6.07) is 16.7. The Bertz CT molecular complexity index is 986. The number of hydrogen-bond acceptors (Lipinski definition) is 4. The minimum absolute atomic E-state index is 0.147. The Morgan fingerprint density at radius 3 is 2.57 bits per heavy atom. The van der Waals surface area contributed by atoms with Crippen LogP contribution >= 0.6 is 11.6 Å². The zero-order valence-corrected chi connectivity index (χ0v) is 16.4. The molecule has 2 aromatic carbocycles. The molecule has 0 unspecified atom stereocenters. The summed E-state index contributed by atoms with van der Waals surface area (Å²) in [5.74, 6) is -0.774. The Kier molecular flexibility index (Phi) is 6.11. The highest BCUT2D eigenvalue weighted by atomic mass is 35.5. The summed E-state index contributed by atoms with van der Waals surface area (Å²) < 4.78 is 6.40. The molecular weight excluding hydrogens is 378 g/mol. The molecule has 0 fully saturated rings. The standard InChI is InChI=1S/C21H20ClN3O3/c1-15-19(12-23-25(15)18-10-6-9-17(22)11-18)21(27)24(14-20(26)28-2)13-16-7-4-3-5-8-16/h3-12H,13-14H2,1-2H3. The van der Waals surface area contributed by atoms with E-state index in [-0.39, 0.29) is 19.0 Å². The van der Waals surface area contributed by atoms with Gasteiger partial charge in [-0.05, 0) is 30.7 Å². The van der Waals surface area contributed by atoms with Gasteiger partial charge in [-0.2, -0.15) is 5.10 Å². The van der Waals surface area contributed by atoms with Gasteiger partial charge in [0.15, 0.2) is 0 Å². The van der Waals surface area contributed by atoms with E-state index in [4.69, 9.17) is 16.3 Å². The van der Waals surface area contributed by atoms with Crippen LogP contribution in [0.4, 0.5) is 0 Å². The molecule has 0 N–H and O–H groups in total. The topological polar surface area (TPSA) is 64.4 Å². The number of benzene rings is 2. The summed E-state index contributed by atoms with van der Waals surface area (Å²) >= 11 is 6.06. The second kappa shape index (κ2) is 8.71. The fourth-order valence-electron chi connectivity index (χ4n) is 2.88. The lowest BCUT2D eigenvalue weighted by Gasteiger charge is -2.21. The van der Waals surface area contributed by atoms with E-state index in [1.54, 1.807) is 23.7 Å². The van der Waals surface area contributed by atoms with E-state index in [1.165, 1.54) is 18.2 Å². The third-order valence-corrected chi connectivity index (χ3v) is 4.58. The van der Waals surface area contributed by atoms with Gasteiger partial charge in [-0.15, -0.1) is 0 Å². The molecule has 7 heteroatoms. The molecule has 6 nitrogen and oxygen atoms in total. The van der Waals surface area contributed by atoms with Crippen molar-refractivity contribution < 1.29 is 14.3 Å². The van der Waals surface area contributed by atoms with E-state index in [2.05, 4.69) is 5.10 Å². The third-order valence-electron chi connectivity index (χ3n) is 4.34. The molecular formula is C21H20ClN3O3. The molecule has 0 atom stereocenters. The number of aromatic nitrogens is 2. The highest BCUT2D eigenvalue weighted by Gasteiger charge is 2.23. The van der Waals surface area contributed by atoms with Crippen molar-refractivity contribution >= 4 is 23.5 Å². The molecule has 0 saturated heterocycles. The van der Waals surface area contributed by atoms with Crippen LogP contribution in [-0.2, 0) is 16.1 Å². The van der Waals surface area contributed by atoms with E-state index in [0.29, 0.717) is 16.3 Å². The molecule has 1 heterocycles. The number of amides is 1. The normalized spacial score (nSPS) is 10.5. The molecule has 0 aliphatic rings. The zero-order valence-electron chi connectivity index (χ0n) is 15.6. The van der Waals surface area contributed by atoms with Gasteiger partial charge in [-0.25, -0.2) is 4.68 Å². The van der Waals surface area contributed by atoms with Crippen molar-refractivity contribution in [3.05, 3.63) is 82.6 Å². The third kappa shape index (κ3) is 4.40. The number of methoxy groups -OCH3 is 1. The van der Waals surface area contributed by atoms with Crippen molar-refractivity contribution in [1.29, 1.82) is 0 Å². The van der Waals surface area contributed by atoms with E-state index < -0.39 is 5.97 Å². The maximum Gasteiger partial charge on any atom is 0.325 e. The quantitative estimate of drug-likeness (QED) is 0.595. The van der Waals surface area contributed by atoms with Gasteiger partial charge < -0.3 is 9.64 Å². The Morgan fingerprint density at radius 1 is 1.14 bits per heavy atom. The van der Waals surface area contributed by atoms with Crippen LogP contribution in [0, 0.1) is 6.92 Å². The van der Waals surface area contributed by atoms with Crippen molar-refractivity contribution in [3.8, 4) is 5.69 Å². The number of rotatable bonds is 6. The van der Waals surface area contributed by atoms with E-state index in [0.717, 1.165) is 11.3 Å². The first-order valence-electron chi connectivity index (χ1n) is 8.70. The first-order chi connectivity index (χ1) is 13.5. The minimum atomic E-state index is -0.482. The fraction of sp³-hybridized carbons (Fsp3) is 0.190. The lowest BCUT2D eigenvalue weighted by molar-refractivity contribution is -0.141. The Morgan fingerprint density at radius 2 is 1.89 bits per heavy atom. The fourth-order valence-corrected chi connectivity index (χ4v) is 3.07. The summed E-state index contributed by atoms with van der Waals surface area (Å²) in [6.45, 7) is 1.95. The first-order valence-corrected chi connectivity index (χ1v) is 9.08. The van der Waals surface area contributed by atoms with Crippen molar-refractivity contribution in [3.63, 3.8) is 0 Å². The average Bonchev–Trinajstić information content (AvgIpc) is 3.09. The van der Waals surface area contributed by atoms with Crippen LogP contribution in [0.3, 0.4) is 0 Å². The Hall–Kier alpha value is -3.12. The molecule has 0 aliphatic heterocycles. The molecule has 1 amide bonds. The number of nitrogens with zero attached hydrogens (tertiary/aromatic N) is 3. The average molecular weight is 398 g/mol. The summed E-state index contributed by atoms with van der Waals surface area (Å²) in [6.07, 6.45) is 1.51. The van der Waals surface area contributed by atoms with Crippen molar-refractivity contribution in [2.75, 3.05) is 13.7 Å². The molecule has 3 rings (SSSR count). The molecule has 144 valence electrons. The number of carbonyl (C=O) groups is 2. The monoisotopic (exact) mass is 397 g/mol. The first kappa shape index (κ1) is 19.6. The van der Waals surface area contributed by atoms with E-state index >= 15 is 0 Å². The summed E-state index contributed by atoms with van der Waals surface area (Å²) in [5, 5.41) is 4.91. The van der Waals surface area contributed by atoms with Crippen molar-refractivity contribution in [1.82, 2.24) is 14.7 Å². The van der Waals surface area contributed by atoms with Crippen LogP contribution in [0.25, 0.3) is 5.69 Å². The van der Waals surface area contributed by atoms with Gasteiger partial charge in [-0.1, -0.05) is 48.0 Å². The lowest BCUT2D eigenvalue weighted by atomic mass is 10.1. The van der Waals surface area contributed by atoms with Crippen LogP contribution < -0.4 is 0 Å². The largest absolute Gasteiger partial charge is 0.468 e. The predicted octanol–water partition coefficient (Wildman–Crippen LogP) is 3.65. The van der Waals surface area contributed by atoms with E-state index in [9.17, 15) is 9.59 Å². The maximum absolute atomic E-state index is 13.2. The van der Waals surface area contributed by atoms with Gasteiger partial charge in [0.2, 0.25) is 0 Å². The van der Waals surface area contributed by atoms with Crippen molar-refractivity contribution in [2.24, 2.45) is 0 Å². The van der Waals surface area contributed by atoms with Crippen molar-refractivity contribution in [2.45, 2.75) is 13.5 Å². The van der Waals surface area contributed by atoms with Crippen LogP contribution in [0.2, 0.25) is 5.02 Å². The molecule has 0 bridgehead atoms. The van der Waals surface area contributed by atoms with Gasteiger partial charge in [0.25, 0.3) is 5.91 Å². The summed E-state index contributed by atoms with van der Waals surface area (Å²) in [5.41, 5.74) is 2.75. The maximum atomic E-state index is 13.2. The van der Waals surface area contributed by atoms with Crippen LogP contribution in [0.15, 0.2) is 60.8 Å². The second-order valence-corrected chi connectivity index (χ2v) is 6.69. The number of halogens is 1. The van der Waals surface area contributed by atoms with Gasteiger partial charge in [0, 0.05) is 11.6 Å². The predicted molar refractivity (Wildman–Crippen MR) is 107 cm³/mol. The molecule has 0 saturated carbocycles. The van der Waals surface area contributed by atoms with Gasteiger partial charge >= 0.3 is 5.97 Å². The summed E-state index contributed by atoms with van der Waals surface area (Å²) in [4.78, 5) is 26.5. The molecule has 0 aliphatic carbocycles. The van der Waals surface area contributed by atoms with Crippen LogP contribution in [-0.4, -0.2) is 40.2 Å². The van der Waals surface area contributed by atoms with Gasteiger partial charge in [0.1, 0.15) is 6.54 Å². The lowest BCUT2D eigenvalue weighted by Crippen LogP contribution is -2.36. The number of esters is 1. The van der Waals surface area contributed by atoms with Gasteiger partial charge in [-0.3, -0.25) is 9.59 Å². The minimum Gasteiger partial charge on any atom is -0.468 e. The Balaban J connectivity index is 1.91. The SMILES string of the molecule is COC(=O)CN(Cc1ccccc1)C(=O)c1cnn(-c2cccc(Cl)c2)c1C. The number of hydrogen-bond donors (Lipinski definition) is 0. The second-order valence-electron chi connectivity index (χ2n) is 6.26. The van der Waals surface area contributed by atoms with E-state index in [1.807, 2.05) is 42.5 Å². The smallest absolute Gasteiger partial charge is 0.325 e. The highest BCUT2D eigenvalue weighted by molar-refractivity contribution is 6.30. The van der Waals surface area contributed by atoms with Crippen LogP contribution in [0.5, 0.6) is 0 Å². The van der Waals surface area contributed by atoms with Gasteiger partial charge in [0.05, 0.1) is 30.3 Å². The zero-order chi connectivity index (χ0) is 20.1. The molecule has 0 spiro atoms. The Labute approximate surface area is 168 Å². The van der Waals surface area contributed by atoms with Crippen LogP contribution in [0.1, 0.15) is 21.6 Å².